The molecule has 2 aromatic rings. The van der Waals surface area contributed by atoms with Crippen molar-refractivity contribution in [3.63, 3.8) is 0 Å². The maximum absolute atomic E-state index is 13.4. The van der Waals surface area contributed by atoms with Gasteiger partial charge in [-0.3, -0.25) is 4.79 Å². The second-order valence-corrected chi connectivity index (χ2v) is 9.99. The summed E-state index contributed by atoms with van der Waals surface area (Å²) >= 11 is 1.11. The fourth-order valence-electron chi connectivity index (χ4n) is 2.94. The highest BCUT2D eigenvalue weighted by Crippen LogP contribution is 2.27. The lowest BCUT2D eigenvalue weighted by molar-refractivity contribution is -0.130. The summed E-state index contributed by atoms with van der Waals surface area (Å²) in [7, 11) is -1.47. The minimum atomic E-state index is -3.07. The van der Waals surface area contributed by atoms with Gasteiger partial charge in [0, 0.05) is 18.7 Å². The molecule has 0 aliphatic carbocycles. The van der Waals surface area contributed by atoms with E-state index in [1.54, 1.807) is 26.1 Å². The summed E-state index contributed by atoms with van der Waals surface area (Å²) in [6.07, 6.45) is 0.443. The molecule has 1 aromatic heterocycles. The van der Waals surface area contributed by atoms with Gasteiger partial charge in [-0.1, -0.05) is 23.9 Å². The first-order valence-corrected chi connectivity index (χ1v) is 11.0. The molecule has 1 aliphatic heterocycles. The van der Waals surface area contributed by atoms with Crippen molar-refractivity contribution < 1.29 is 17.6 Å². The zero-order valence-electron chi connectivity index (χ0n) is 14.9. The van der Waals surface area contributed by atoms with Gasteiger partial charge in [0.15, 0.2) is 15.7 Å². The summed E-state index contributed by atoms with van der Waals surface area (Å²) in [6.45, 7) is 1.70. The molecule has 1 saturated heterocycles. The number of halogens is 1. The Balaban J connectivity index is 1.71. The van der Waals surface area contributed by atoms with Crippen molar-refractivity contribution in [3.05, 3.63) is 30.1 Å². The maximum atomic E-state index is 13.4. The maximum Gasteiger partial charge on any atom is 0.235 e. The van der Waals surface area contributed by atoms with Crippen molar-refractivity contribution in [2.24, 2.45) is 0 Å². The molecule has 1 fully saturated rings. The molecule has 8 nitrogen and oxygen atoms in total. The van der Waals surface area contributed by atoms with Gasteiger partial charge in [-0.15, -0.1) is 10.2 Å². The largest absolute Gasteiger partial charge is 0.341 e. The van der Waals surface area contributed by atoms with Crippen LogP contribution in [0.15, 0.2) is 29.4 Å². The molecule has 0 saturated carbocycles. The third-order valence-corrected chi connectivity index (χ3v) is 7.28. The molecule has 2 heterocycles. The van der Waals surface area contributed by atoms with Crippen LogP contribution < -0.4 is 5.84 Å². The fraction of sp³-hybridized carbons (Fsp3) is 0.438. The quantitative estimate of drug-likeness (QED) is 0.573. The van der Waals surface area contributed by atoms with E-state index in [2.05, 4.69) is 10.2 Å². The number of hydrogen-bond donors (Lipinski definition) is 1. The Morgan fingerprint density at radius 3 is 2.81 bits per heavy atom. The highest BCUT2D eigenvalue weighted by Gasteiger charge is 2.34. The number of benzene rings is 1. The van der Waals surface area contributed by atoms with Crippen LogP contribution in [-0.2, 0) is 14.6 Å². The van der Waals surface area contributed by atoms with Crippen LogP contribution in [0.5, 0.6) is 0 Å². The minimum absolute atomic E-state index is 0.0105. The number of nitrogens with zero attached hydrogens (tertiary/aromatic N) is 4. The molecule has 1 aromatic carbocycles. The highest BCUT2D eigenvalue weighted by atomic mass is 32.2. The van der Waals surface area contributed by atoms with Gasteiger partial charge in [0.25, 0.3) is 0 Å². The third-order valence-electron chi connectivity index (χ3n) is 4.48. The number of carbonyl (C=O) groups excluding carboxylic acids is 1. The van der Waals surface area contributed by atoms with Crippen molar-refractivity contribution in [2.75, 3.05) is 24.4 Å². The summed E-state index contributed by atoms with van der Waals surface area (Å²) in [5.41, 5.74) is 0.476. The highest BCUT2D eigenvalue weighted by molar-refractivity contribution is 8.00. The van der Waals surface area contributed by atoms with Gasteiger partial charge in [-0.25, -0.2) is 17.5 Å². The molecular weight excluding hydrogens is 393 g/mol. The van der Waals surface area contributed by atoms with Gasteiger partial charge in [-0.05, 0) is 25.5 Å². The molecule has 0 unspecified atom stereocenters. The average Bonchev–Trinajstić information content (AvgIpc) is 3.16. The lowest BCUT2D eigenvalue weighted by atomic mass is 10.2. The first kappa shape index (κ1) is 19.6. The molecule has 0 spiro atoms. The van der Waals surface area contributed by atoms with E-state index in [0.29, 0.717) is 17.1 Å². The Labute approximate surface area is 160 Å². The van der Waals surface area contributed by atoms with Gasteiger partial charge in [0.1, 0.15) is 5.82 Å². The Kier molecular flexibility index (Phi) is 5.43. The van der Waals surface area contributed by atoms with E-state index < -0.39 is 20.9 Å². The Hall–Kier alpha value is -2.14. The SMILES string of the molecule is C[C@@H](Sc1nnc(-c2cccc(F)c2)n1N)C(=O)N(C)[C@H]1CCS(=O)(=O)C1. The van der Waals surface area contributed by atoms with Gasteiger partial charge in [-0.2, -0.15) is 0 Å². The molecule has 0 bridgehead atoms. The van der Waals surface area contributed by atoms with Crippen LogP contribution in [0, 0.1) is 5.82 Å². The van der Waals surface area contributed by atoms with E-state index in [9.17, 15) is 17.6 Å². The Morgan fingerprint density at radius 1 is 1.44 bits per heavy atom. The fourth-order valence-corrected chi connectivity index (χ4v) is 5.58. The van der Waals surface area contributed by atoms with Crippen molar-refractivity contribution in [1.29, 1.82) is 0 Å². The van der Waals surface area contributed by atoms with Crippen LogP contribution in [-0.4, -0.2) is 63.9 Å². The molecule has 2 atom stereocenters. The van der Waals surface area contributed by atoms with Crippen LogP contribution in [0.25, 0.3) is 11.4 Å². The standard InChI is InChI=1S/C16H20FN5O3S2/c1-10(15(23)21(2)13-6-7-27(24,25)9-13)26-16-20-19-14(22(16)18)11-4-3-5-12(17)8-11/h3-5,8,10,13H,6-7,9,18H2,1-2H3/t10-,13+/m1/s1. The molecule has 11 heteroatoms. The first-order chi connectivity index (χ1) is 12.7. The topological polar surface area (TPSA) is 111 Å². The van der Waals surface area contributed by atoms with Gasteiger partial charge in [0.05, 0.1) is 16.8 Å². The molecule has 146 valence electrons. The molecule has 0 radical (unpaired) electrons. The van der Waals surface area contributed by atoms with Crippen LogP contribution >= 0.6 is 11.8 Å². The van der Waals surface area contributed by atoms with Crippen molar-refractivity contribution in [2.45, 2.75) is 29.8 Å². The normalized spacial score (nSPS) is 19.7. The number of thioether (sulfide) groups is 1. The van der Waals surface area contributed by atoms with E-state index in [1.807, 2.05) is 0 Å². The lowest BCUT2D eigenvalue weighted by Gasteiger charge is -2.26. The van der Waals surface area contributed by atoms with Crippen molar-refractivity contribution in [3.8, 4) is 11.4 Å². The second kappa shape index (κ2) is 7.47. The third kappa shape index (κ3) is 4.24. The van der Waals surface area contributed by atoms with Gasteiger partial charge < -0.3 is 10.7 Å². The Morgan fingerprint density at radius 2 is 2.19 bits per heavy atom. The van der Waals surface area contributed by atoms with Gasteiger partial charge in [0.2, 0.25) is 11.1 Å². The van der Waals surface area contributed by atoms with E-state index >= 15 is 0 Å². The number of nitrogen functional groups attached to an aromatic ring is 1. The zero-order valence-corrected chi connectivity index (χ0v) is 16.5. The van der Waals surface area contributed by atoms with E-state index in [-0.39, 0.29) is 29.3 Å². The molecular formula is C16H20FN5O3S2. The summed E-state index contributed by atoms with van der Waals surface area (Å²) in [6, 6.07) is 5.50. The minimum Gasteiger partial charge on any atom is -0.341 e. The van der Waals surface area contributed by atoms with Crippen LogP contribution in [0.4, 0.5) is 4.39 Å². The molecule has 1 aliphatic rings. The van der Waals surface area contributed by atoms with Crippen molar-refractivity contribution >= 4 is 27.5 Å². The number of sulfone groups is 1. The van der Waals surface area contributed by atoms with Crippen LogP contribution in [0.1, 0.15) is 13.3 Å². The summed E-state index contributed by atoms with van der Waals surface area (Å²) < 4.78 is 37.9. The van der Waals surface area contributed by atoms with Crippen molar-refractivity contribution in [1.82, 2.24) is 19.8 Å². The van der Waals surface area contributed by atoms with Crippen LogP contribution in [0.2, 0.25) is 0 Å². The van der Waals surface area contributed by atoms with Gasteiger partial charge >= 0.3 is 0 Å². The predicted octanol–water partition coefficient (Wildman–Crippen LogP) is 0.924. The summed E-state index contributed by atoms with van der Waals surface area (Å²) in [4.78, 5) is 14.1. The number of rotatable bonds is 5. The number of nitrogens with two attached hydrogens (primary N) is 1. The number of amides is 1. The summed E-state index contributed by atoms with van der Waals surface area (Å²) in [5.74, 6) is 5.76. The smallest absolute Gasteiger partial charge is 0.235 e. The van der Waals surface area contributed by atoms with Crippen LogP contribution in [0.3, 0.4) is 0 Å². The molecule has 3 rings (SSSR count). The first-order valence-electron chi connectivity index (χ1n) is 8.28. The number of aromatic nitrogens is 3. The molecule has 1 amide bonds. The van der Waals surface area contributed by atoms with E-state index in [1.165, 1.54) is 21.7 Å². The lowest BCUT2D eigenvalue weighted by Crippen LogP contribution is -2.41. The second-order valence-electron chi connectivity index (χ2n) is 6.45. The molecule has 27 heavy (non-hydrogen) atoms. The number of hydrogen-bond acceptors (Lipinski definition) is 7. The molecule has 2 N–H and O–H groups in total. The number of carbonyl (C=O) groups is 1. The average molecular weight is 414 g/mol. The van der Waals surface area contributed by atoms with E-state index in [4.69, 9.17) is 5.84 Å². The Bertz CT molecular complexity index is 963. The summed E-state index contributed by atoms with van der Waals surface area (Å²) in [5, 5.41) is 7.73. The van der Waals surface area contributed by atoms with E-state index in [0.717, 1.165) is 11.8 Å². The monoisotopic (exact) mass is 413 g/mol. The zero-order chi connectivity index (χ0) is 19.8. The predicted molar refractivity (Wildman–Crippen MR) is 101 cm³/mol.